The molecular formula is C8H13NO3. The molecule has 0 unspecified atom stereocenters. The molecule has 12 heavy (non-hydrogen) atoms. The number of hydrogen-bond donors (Lipinski definition) is 1. The molecule has 4 heteroatoms. The van der Waals surface area contributed by atoms with Crippen molar-refractivity contribution in [3.63, 3.8) is 0 Å². The molecule has 0 aromatic heterocycles. The van der Waals surface area contributed by atoms with E-state index in [4.69, 9.17) is 0 Å². The van der Waals surface area contributed by atoms with E-state index >= 15 is 0 Å². The Morgan fingerprint density at radius 2 is 2.08 bits per heavy atom. The second-order valence-electron chi connectivity index (χ2n) is 2.20. The van der Waals surface area contributed by atoms with Crippen LogP contribution < -0.4 is 5.32 Å². The molecule has 0 saturated heterocycles. The summed E-state index contributed by atoms with van der Waals surface area (Å²) >= 11 is 0. The molecule has 1 amide bonds. The number of rotatable bonds is 3. The fourth-order valence-corrected chi connectivity index (χ4v) is 0.689. The van der Waals surface area contributed by atoms with Gasteiger partial charge in [0.15, 0.2) is 0 Å². The number of hydrogen-bond acceptors (Lipinski definition) is 3. The first-order chi connectivity index (χ1) is 5.61. The van der Waals surface area contributed by atoms with Crippen LogP contribution in [0.2, 0.25) is 0 Å². The van der Waals surface area contributed by atoms with Crippen molar-refractivity contribution in [2.75, 3.05) is 7.11 Å². The summed E-state index contributed by atoms with van der Waals surface area (Å²) in [4.78, 5) is 21.5. The summed E-state index contributed by atoms with van der Waals surface area (Å²) < 4.78 is 4.44. The number of ether oxygens (including phenoxy) is 1. The van der Waals surface area contributed by atoms with Crippen LogP contribution in [0, 0.1) is 0 Å². The highest BCUT2D eigenvalue weighted by atomic mass is 16.5. The molecule has 0 radical (unpaired) electrons. The first-order valence-electron chi connectivity index (χ1n) is 3.67. The standard InChI is InChI=1S/C8H13NO3/c1-4-5-7(8(11)12-3)9-6(2)10/h5H,4H2,1-3H3,(H,9,10)/b7-5-. The molecule has 1 N–H and O–H groups in total. The molecule has 0 spiro atoms. The Morgan fingerprint density at radius 3 is 2.42 bits per heavy atom. The van der Waals surface area contributed by atoms with Gasteiger partial charge in [-0.1, -0.05) is 13.0 Å². The number of allylic oxidation sites excluding steroid dienone is 1. The van der Waals surface area contributed by atoms with E-state index in [1.807, 2.05) is 6.92 Å². The van der Waals surface area contributed by atoms with Gasteiger partial charge in [0.1, 0.15) is 5.70 Å². The van der Waals surface area contributed by atoms with Crippen LogP contribution in [-0.2, 0) is 14.3 Å². The summed E-state index contributed by atoms with van der Waals surface area (Å²) in [6.45, 7) is 3.21. The molecule has 0 atom stereocenters. The highest BCUT2D eigenvalue weighted by Gasteiger charge is 2.09. The predicted octanol–water partition coefficient (Wildman–Crippen LogP) is 0.589. The van der Waals surface area contributed by atoms with E-state index in [0.717, 1.165) is 0 Å². The Kier molecular flexibility index (Phi) is 4.76. The molecule has 0 rings (SSSR count). The largest absolute Gasteiger partial charge is 0.464 e. The molecule has 0 aromatic rings. The fraction of sp³-hybridized carbons (Fsp3) is 0.500. The maximum absolute atomic E-state index is 10.9. The first kappa shape index (κ1) is 10.7. The number of carbonyl (C=O) groups is 2. The number of nitrogens with one attached hydrogen (secondary N) is 1. The van der Waals surface area contributed by atoms with Gasteiger partial charge < -0.3 is 10.1 Å². The lowest BCUT2D eigenvalue weighted by atomic mass is 10.3. The average molecular weight is 171 g/mol. The van der Waals surface area contributed by atoms with Gasteiger partial charge in [0.25, 0.3) is 0 Å². The average Bonchev–Trinajstić information content (AvgIpc) is 2.01. The summed E-state index contributed by atoms with van der Waals surface area (Å²) in [5.41, 5.74) is 0.201. The highest BCUT2D eigenvalue weighted by molar-refractivity contribution is 5.93. The van der Waals surface area contributed by atoms with E-state index < -0.39 is 5.97 Å². The molecular weight excluding hydrogens is 158 g/mol. The Labute approximate surface area is 71.6 Å². The van der Waals surface area contributed by atoms with E-state index in [1.165, 1.54) is 14.0 Å². The number of carbonyl (C=O) groups excluding carboxylic acids is 2. The van der Waals surface area contributed by atoms with Gasteiger partial charge in [0, 0.05) is 6.92 Å². The van der Waals surface area contributed by atoms with Gasteiger partial charge >= 0.3 is 5.97 Å². The second-order valence-corrected chi connectivity index (χ2v) is 2.20. The lowest BCUT2D eigenvalue weighted by Gasteiger charge is -2.04. The topological polar surface area (TPSA) is 55.4 Å². The minimum absolute atomic E-state index is 0.201. The van der Waals surface area contributed by atoms with Gasteiger partial charge in [-0.3, -0.25) is 4.79 Å². The fourth-order valence-electron chi connectivity index (χ4n) is 0.689. The molecule has 68 valence electrons. The summed E-state index contributed by atoms with van der Waals surface area (Å²) in [5, 5.41) is 2.38. The number of esters is 1. The van der Waals surface area contributed by atoms with Crippen molar-refractivity contribution in [3.8, 4) is 0 Å². The molecule has 0 bridgehead atoms. The lowest BCUT2D eigenvalue weighted by molar-refractivity contribution is -0.137. The molecule has 0 aromatic carbocycles. The van der Waals surface area contributed by atoms with E-state index in [2.05, 4.69) is 10.1 Å². The summed E-state index contributed by atoms with van der Waals surface area (Å²) in [7, 11) is 1.27. The Morgan fingerprint density at radius 1 is 1.50 bits per heavy atom. The third kappa shape index (κ3) is 3.75. The zero-order valence-corrected chi connectivity index (χ0v) is 7.51. The van der Waals surface area contributed by atoms with Crippen LogP contribution in [0.5, 0.6) is 0 Å². The minimum atomic E-state index is -0.521. The summed E-state index contributed by atoms with van der Waals surface area (Å²) in [5.74, 6) is -0.799. The quantitative estimate of drug-likeness (QED) is 0.499. The summed E-state index contributed by atoms with van der Waals surface area (Å²) in [6.07, 6.45) is 2.28. The Balaban J connectivity index is 4.34. The minimum Gasteiger partial charge on any atom is -0.464 e. The molecule has 0 aliphatic carbocycles. The lowest BCUT2D eigenvalue weighted by Crippen LogP contribution is -2.25. The Bertz CT molecular complexity index is 208. The SMILES string of the molecule is CC/C=C(\NC(C)=O)C(=O)OC. The third-order valence-electron chi connectivity index (χ3n) is 1.12. The molecule has 4 nitrogen and oxygen atoms in total. The van der Waals surface area contributed by atoms with Crippen LogP contribution in [0.1, 0.15) is 20.3 Å². The smallest absolute Gasteiger partial charge is 0.354 e. The van der Waals surface area contributed by atoms with Crippen molar-refractivity contribution in [1.82, 2.24) is 5.32 Å². The highest BCUT2D eigenvalue weighted by Crippen LogP contribution is 1.94. The summed E-state index contributed by atoms with van der Waals surface area (Å²) in [6, 6.07) is 0. The van der Waals surface area contributed by atoms with Crippen LogP contribution in [0.3, 0.4) is 0 Å². The van der Waals surface area contributed by atoms with Crippen molar-refractivity contribution in [1.29, 1.82) is 0 Å². The van der Waals surface area contributed by atoms with E-state index in [9.17, 15) is 9.59 Å². The van der Waals surface area contributed by atoms with Gasteiger partial charge in [-0.25, -0.2) is 4.79 Å². The van der Waals surface area contributed by atoms with Crippen LogP contribution in [0.15, 0.2) is 11.8 Å². The maximum atomic E-state index is 10.9. The molecule has 0 saturated carbocycles. The zero-order valence-electron chi connectivity index (χ0n) is 7.51. The Hall–Kier alpha value is -1.32. The van der Waals surface area contributed by atoms with E-state index in [0.29, 0.717) is 6.42 Å². The second kappa shape index (κ2) is 5.35. The predicted molar refractivity (Wildman–Crippen MR) is 44.2 cm³/mol. The maximum Gasteiger partial charge on any atom is 0.354 e. The van der Waals surface area contributed by atoms with Crippen molar-refractivity contribution < 1.29 is 14.3 Å². The molecule has 0 heterocycles. The molecule has 0 aliphatic heterocycles. The monoisotopic (exact) mass is 171 g/mol. The third-order valence-corrected chi connectivity index (χ3v) is 1.12. The number of methoxy groups -OCH3 is 1. The van der Waals surface area contributed by atoms with Crippen molar-refractivity contribution >= 4 is 11.9 Å². The van der Waals surface area contributed by atoms with Crippen molar-refractivity contribution in [2.24, 2.45) is 0 Å². The first-order valence-corrected chi connectivity index (χ1v) is 3.67. The van der Waals surface area contributed by atoms with Crippen LogP contribution >= 0.6 is 0 Å². The van der Waals surface area contributed by atoms with Gasteiger partial charge in [-0.15, -0.1) is 0 Å². The van der Waals surface area contributed by atoms with Gasteiger partial charge in [-0.2, -0.15) is 0 Å². The van der Waals surface area contributed by atoms with Gasteiger partial charge in [0.2, 0.25) is 5.91 Å². The van der Waals surface area contributed by atoms with Gasteiger partial charge in [-0.05, 0) is 6.42 Å². The molecule has 0 aliphatic rings. The van der Waals surface area contributed by atoms with E-state index in [-0.39, 0.29) is 11.6 Å². The molecule has 0 fully saturated rings. The van der Waals surface area contributed by atoms with Crippen molar-refractivity contribution in [3.05, 3.63) is 11.8 Å². The van der Waals surface area contributed by atoms with Crippen LogP contribution in [0.4, 0.5) is 0 Å². The number of amides is 1. The van der Waals surface area contributed by atoms with Crippen molar-refractivity contribution in [2.45, 2.75) is 20.3 Å². The van der Waals surface area contributed by atoms with Gasteiger partial charge in [0.05, 0.1) is 7.11 Å². The van der Waals surface area contributed by atoms with Crippen LogP contribution in [-0.4, -0.2) is 19.0 Å². The normalized spacial score (nSPS) is 10.8. The zero-order chi connectivity index (χ0) is 9.56. The van der Waals surface area contributed by atoms with E-state index in [1.54, 1.807) is 6.08 Å². The van der Waals surface area contributed by atoms with Crippen LogP contribution in [0.25, 0.3) is 0 Å².